The molecule has 2 heterocycles. The van der Waals surface area contributed by atoms with E-state index in [0.29, 0.717) is 32.9 Å². The molecule has 0 atom stereocenters. The van der Waals surface area contributed by atoms with Gasteiger partial charge < -0.3 is 20.5 Å². The van der Waals surface area contributed by atoms with Gasteiger partial charge in [0.15, 0.2) is 5.43 Å². The molecule has 0 spiro atoms. The highest BCUT2D eigenvalue weighted by atomic mass is 16.4. The molecule has 32 heavy (non-hydrogen) atoms. The first-order valence-corrected chi connectivity index (χ1v) is 9.96. The van der Waals surface area contributed by atoms with E-state index in [9.17, 15) is 14.4 Å². The highest BCUT2D eigenvalue weighted by Crippen LogP contribution is 2.41. The smallest absolute Gasteiger partial charge is 0.307 e. The number of H-pyrrole nitrogens is 1. The van der Waals surface area contributed by atoms with Crippen molar-refractivity contribution in [3.63, 3.8) is 0 Å². The molecule has 4 aromatic rings. The number of pyridine rings is 1. The molecular formula is C25H18N2O5. The first kappa shape index (κ1) is 19.6. The van der Waals surface area contributed by atoms with Crippen molar-refractivity contribution in [3.8, 4) is 0 Å². The predicted octanol–water partition coefficient (Wildman–Crippen LogP) is 4.05. The fourth-order valence-electron chi connectivity index (χ4n) is 4.23. The van der Waals surface area contributed by atoms with Crippen LogP contribution in [0.25, 0.3) is 27.4 Å². The van der Waals surface area contributed by atoms with E-state index in [-0.39, 0.29) is 18.3 Å². The SMILES string of the molecule is C=C1c2cc(CC(=O)O)ccc2Nc2cc3c(=O)c4cc(CC(=O)O)ccc4[nH]c3cc21. The number of carboxylic acid groups (broad SMARTS) is 2. The van der Waals surface area contributed by atoms with Gasteiger partial charge in [0, 0.05) is 38.8 Å². The van der Waals surface area contributed by atoms with Crippen molar-refractivity contribution in [1.82, 2.24) is 4.98 Å². The Bertz CT molecular complexity index is 1550. The van der Waals surface area contributed by atoms with Gasteiger partial charge in [0.1, 0.15) is 0 Å². The lowest BCUT2D eigenvalue weighted by Gasteiger charge is -2.24. The number of aromatic nitrogens is 1. The van der Waals surface area contributed by atoms with Crippen LogP contribution in [0.2, 0.25) is 0 Å². The van der Waals surface area contributed by atoms with Gasteiger partial charge in [-0.2, -0.15) is 0 Å². The average molecular weight is 426 g/mol. The minimum absolute atomic E-state index is 0.0751. The maximum absolute atomic E-state index is 13.2. The zero-order chi connectivity index (χ0) is 22.6. The molecule has 4 N–H and O–H groups in total. The van der Waals surface area contributed by atoms with E-state index in [0.717, 1.165) is 28.1 Å². The van der Waals surface area contributed by atoms with Crippen LogP contribution in [0, 0.1) is 0 Å². The second-order valence-electron chi connectivity index (χ2n) is 7.90. The quantitative estimate of drug-likeness (QED) is 0.322. The summed E-state index contributed by atoms with van der Waals surface area (Å²) in [5.74, 6) is -1.86. The largest absolute Gasteiger partial charge is 0.481 e. The first-order valence-electron chi connectivity index (χ1n) is 9.96. The molecule has 0 aliphatic carbocycles. The Balaban J connectivity index is 1.65. The summed E-state index contributed by atoms with van der Waals surface area (Å²) in [4.78, 5) is 38.6. The molecule has 7 heteroatoms. The average Bonchev–Trinajstić information content (AvgIpc) is 2.74. The monoisotopic (exact) mass is 426 g/mol. The molecule has 7 nitrogen and oxygen atoms in total. The fourth-order valence-corrected chi connectivity index (χ4v) is 4.23. The molecule has 1 aliphatic heterocycles. The van der Waals surface area contributed by atoms with Crippen LogP contribution in [-0.2, 0) is 22.4 Å². The number of rotatable bonds is 4. The summed E-state index contributed by atoms with van der Waals surface area (Å²) in [6.45, 7) is 4.21. The predicted molar refractivity (Wildman–Crippen MR) is 123 cm³/mol. The highest BCUT2D eigenvalue weighted by Gasteiger charge is 2.21. The van der Waals surface area contributed by atoms with Gasteiger partial charge in [0.05, 0.1) is 18.4 Å². The van der Waals surface area contributed by atoms with Gasteiger partial charge in [-0.1, -0.05) is 18.7 Å². The van der Waals surface area contributed by atoms with E-state index in [1.807, 2.05) is 18.2 Å². The van der Waals surface area contributed by atoms with Gasteiger partial charge in [-0.25, -0.2) is 0 Å². The van der Waals surface area contributed by atoms with E-state index >= 15 is 0 Å². The standard InChI is InChI=1S/C25H18N2O5/c1-12-15-6-13(8-23(28)29)2-4-19(15)26-21-11-18-22(10-16(12)21)27-20-5-3-14(9-24(30)31)7-17(20)25(18)32/h2-7,10-11,26H,1,8-9H2,(H,27,32)(H,28,29)(H,30,31). The summed E-state index contributed by atoms with van der Waals surface area (Å²) in [5.41, 5.74) is 6.21. The number of aliphatic carboxylic acids is 2. The fraction of sp³-hybridized carbons (Fsp3) is 0.0800. The van der Waals surface area contributed by atoms with E-state index < -0.39 is 11.9 Å². The molecule has 0 fully saturated rings. The molecule has 1 aliphatic rings. The zero-order valence-corrected chi connectivity index (χ0v) is 16.9. The molecule has 0 saturated carbocycles. The summed E-state index contributed by atoms with van der Waals surface area (Å²) in [6, 6.07) is 14.0. The second kappa shape index (κ2) is 7.09. The molecule has 0 saturated heterocycles. The van der Waals surface area contributed by atoms with Crippen molar-refractivity contribution in [3.05, 3.63) is 87.6 Å². The van der Waals surface area contributed by atoms with Crippen LogP contribution >= 0.6 is 0 Å². The van der Waals surface area contributed by atoms with Gasteiger partial charge in [-0.3, -0.25) is 14.4 Å². The van der Waals surface area contributed by atoms with Gasteiger partial charge in [-0.15, -0.1) is 0 Å². The van der Waals surface area contributed by atoms with E-state index in [2.05, 4.69) is 16.9 Å². The maximum Gasteiger partial charge on any atom is 0.307 e. The third-order valence-corrected chi connectivity index (χ3v) is 5.71. The van der Waals surface area contributed by atoms with Crippen molar-refractivity contribution >= 4 is 50.7 Å². The first-order chi connectivity index (χ1) is 15.3. The van der Waals surface area contributed by atoms with E-state index in [1.54, 1.807) is 30.3 Å². The van der Waals surface area contributed by atoms with Crippen LogP contribution in [0.1, 0.15) is 22.3 Å². The van der Waals surface area contributed by atoms with E-state index in [4.69, 9.17) is 10.2 Å². The number of aromatic amines is 1. The lowest BCUT2D eigenvalue weighted by Crippen LogP contribution is -2.11. The Morgan fingerprint density at radius 3 is 2.12 bits per heavy atom. The lowest BCUT2D eigenvalue weighted by molar-refractivity contribution is -0.137. The van der Waals surface area contributed by atoms with Crippen molar-refractivity contribution in [2.45, 2.75) is 12.8 Å². The molecule has 1 aromatic heterocycles. The normalized spacial score (nSPS) is 12.3. The van der Waals surface area contributed by atoms with Crippen LogP contribution in [0.5, 0.6) is 0 Å². The summed E-state index contributed by atoms with van der Waals surface area (Å²) in [7, 11) is 0. The summed E-state index contributed by atoms with van der Waals surface area (Å²) < 4.78 is 0. The maximum atomic E-state index is 13.2. The van der Waals surface area contributed by atoms with Crippen LogP contribution < -0.4 is 10.7 Å². The third kappa shape index (κ3) is 3.20. The molecule has 3 aromatic carbocycles. The Morgan fingerprint density at radius 2 is 1.41 bits per heavy atom. The molecule has 0 unspecified atom stereocenters. The van der Waals surface area contributed by atoms with Gasteiger partial charge in [0.25, 0.3) is 0 Å². The lowest BCUT2D eigenvalue weighted by atomic mass is 9.90. The molecule has 0 amide bonds. The second-order valence-corrected chi connectivity index (χ2v) is 7.90. The minimum Gasteiger partial charge on any atom is -0.481 e. The Labute approximate surface area is 181 Å². The van der Waals surface area contributed by atoms with Crippen LogP contribution in [0.4, 0.5) is 11.4 Å². The van der Waals surface area contributed by atoms with Gasteiger partial charge in [0.2, 0.25) is 0 Å². The number of fused-ring (bicyclic) bond motifs is 4. The molecule has 0 radical (unpaired) electrons. The Hall–Kier alpha value is -4.39. The molecular weight excluding hydrogens is 408 g/mol. The van der Waals surface area contributed by atoms with E-state index in [1.165, 1.54) is 0 Å². The zero-order valence-electron chi connectivity index (χ0n) is 16.9. The van der Waals surface area contributed by atoms with Crippen LogP contribution in [0.15, 0.2) is 59.9 Å². The number of carboxylic acids is 2. The summed E-state index contributed by atoms with van der Waals surface area (Å²) in [6.07, 6.45) is -0.228. The minimum atomic E-state index is -0.955. The molecule has 0 bridgehead atoms. The number of carbonyl (C=O) groups is 2. The van der Waals surface area contributed by atoms with Crippen LogP contribution in [0.3, 0.4) is 0 Å². The highest BCUT2D eigenvalue weighted by molar-refractivity contribution is 6.03. The van der Waals surface area contributed by atoms with Gasteiger partial charge >= 0.3 is 11.9 Å². The van der Waals surface area contributed by atoms with Crippen molar-refractivity contribution in [2.24, 2.45) is 0 Å². The number of hydrogen-bond donors (Lipinski definition) is 4. The number of benzene rings is 3. The Kier molecular flexibility index (Phi) is 4.34. The Morgan fingerprint density at radius 1 is 0.781 bits per heavy atom. The number of nitrogens with one attached hydrogen (secondary N) is 2. The van der Waals surface area contributed by atoms with Crippen molar-refractivity contribution in [1.29, 1.82) is 0 Å². The number of hydrogen-bond acceptors (Lipinski definition) is 4. The molecule has 5 rings (SSSR count). The number of anilines is 2. The molecule has 158 valence electrons. The van der Waals surface area contributed by atoms with Crippen LogP contribution in [-0.4, -0.2) is 27.1 Å². The van der Waals surface area contributed by atoms with Gasteiger partial charge in [-0.05, 0) is 53.1 Å². The van der Waals surface area contributed by atoms with Crippen molar-refractivity contribution in [2.75, 3.05) is 5.32 Å². The third-order valence-electron chi connectivity index (χ3n) is 5.71. The topological polar surface area (TPSA) is 119 Å². The summed E-state index contributed by atoms with van der Waals surface area (Å²) in [5, 5.41) is 22.4. The van der Waals surface area contributed by atoms with Crippen molar-refractivity contribution < 1.29 is 19.8 Å². The summed E-state index contributed by atoms with van der Waals surface area (Å²) >= 11 is 0.